The lowest BCUT2D eigenvalue weighted by Gasteiger charge is -2.15. The standard InChI is InChI=1S/C24H23N7O2/c1-2-3-8-20-19(23(33)26-24-25-21(32)14-31(20)24)13-15-9-11-16(12-10-15)17-6-4-5-7-18(17)22-27-29-30-28-22/h4-7,9-12H,2-3,8,13-14H2,1H3,(H,25,26,32,33)(H,27,28,29,30). The second kappa shape index (κ2) is 8.78. The Morgan fingerprint density at radius 1 is 1.03 bits per heavy atom. The second-order valence-electron chi connectivity index (χ2n) is 8.06. The van der Waals surface area contributed by atoms with Crippen LogP contribution in [-0.4, -0.2) is 36.1 Å². The largest absolute Gasteiger partial charge is 0.306 e. The molecule has 1 aliphatic heterocycles. The average Bonchev–Trinajstić information content (AvgIpc) is 3.49. The van der Waals surface area contributed by atoms with Crippen LogP contribution in [0.15, 0.2) is 53.3 Å². The average molecular weight is 441 g/mol. The Morgan fingerprint density at radius 3 is 2.55 bits per heavy atom. The summed E-state index contributed by atoms with van der Waals surface area (Å²) in [6, 6.07) is 16.0. The van der Waals surface area contributed by atoms with Gasteiger partial charge in [-0.25, -0.2) is 0 Å². The van der Waals surface area contributed by atoms with Crippen molar-refractivity contribution in [3.05, 3.63) is 75.7 Å². The first-order valence-electron chi connectivity index (χ1n) is 11.0. The van der Waals surface area contributed by atoms with E-state index in [2.05, 4.69) is 37.8 Å². The highest BCUT2D eigenvalue weighted by molar-refractivity contribution is 5.92. The third kappa shape index (κ3) is 4.05. The first-order valence-corrected chi connectivity index (χ1v) is 11.0. The molecule has 1 amide bonds. The van der Waals surface area contributed by atoms with Crippen LogP contribution in [-0.2, 0) is 24.2 Å². The van der Waals surface area contributed by atoms with Gasteiger partial charge < -0.3 is 4.57 Å². The minimum absolute atomic E-state index is 0.138. The number of aromatic nitrogens is 6. The van der Waals surface area contributed by atoms with Crippen molar-refractivity contribution in [2.45, 2.75) is 39.2 Å². The number of H-pyrrole nitrogens is 1. The molecular weight excluding hydrogens is 418 g/mol. The predicted octanol–water partition coefficient (Wildman–Crippen LogP) is 2.98. The Labute approximate surface area is 189 Å². The first-order chi connectivity index (χ1) is 16.1. The van der Waals surface area contributed by atoms with E-state index in [0.717, 1.165) is 47.2 Å². The molecule has 5 rings (SSSR count). The van der Waals surface area contributed by atoms with Gasteiger partial charge in [0.25, 0.3) is 5.56 Å². The van der Waals surface area contributed by atoms with Gasteiger partial charge >= 0.3 is 0 Å². The number of carbonyl (C=O) groups excluding carboxylic acids is 1. The Bertz CT molecular complexity index is 1360. The summed E-state index contributed by atoms with van der Waals surface area (Å²) < 4.78 is 1.85. The van der Waals surface area contributed by atoms with Crippen molar-refractivity contribution in [3.63, 3.8) is 0 Å². The lowest BCUT2D eigenvalue weighted by molar-refractivity contribution is -0.115. The van der Waals surface area contributed by atoms with Crippen LogP contribution in [0, 0.1) is 0 Å². The van der Waals surface area contributed by atoms with Gasteiger partial charge in [-0.1, -0.05) is 61.9 Å². The zero-order valence-corrected chi connectivity index (χ0v) is 18.2. The normalized spacial score (nSPS) is 12.6. The Kier molecular flexibility index (Phi) is 5.52. The van der Waals surface area contributed by atoms with E-state index in [0.29, 0.717) is 23.8 Å². The number of hydrogen-bond donors (Lipinski definition) is 2. The van der Waals surface area contributed by atoms with Gasteiger partial charge in [0.1, 0.15) is 6.54 Å². The topological polar surface area (TPSA) is 118 Å². The second-order valence-corrected chi connectivity index (χ2v) is 8.06. The number of benzene rings is 2. The molecule has 0 atom stereocenters. The molecule has 3 heterocycles. The highest BCUT2D eigenvalue weighted by atomic mass is 16.2. The van der Waals surface area contributed by atoms with Gasteiger partial charge in [-0.2, -0.15) is 10.2 Å². The van der Waals surface area contributed by atoms with Crippen LogP contribution in [0.2, 0.25) is 0 Å². The number of fused-ring (bicyclic) bond motifs is 1. The van der Waals surface area contributed by atoms with Crippen LogP contribution in [0.4, 0.5) is 5.95 Å². The molecule has 0 spiro atoms. The zero-order valence-electron chi connectivity index (χ0n) is 18.2. The number of amides is 1. The summed E-state index contributed by atoms with van der Waals surface area (Å²) in [6.07, 6.45) is 3.14. The molecule has 0 fully saturated rings. The number of unbranched alkanes of at least 4 members (excludes halogenated alkanes) is 1. The summed E-state index contributed by atoms with van der Waals surface area (Å²) in [4.78, 5) is 28.9. The molecule has 2 aromatic heterocycles. The molecule has 0 unspecified atom stereocenters. The zero-order chi connectivity index (χ0) is 22.8. The number of carbonyl (C=O) groups is 1. The van der Waals surface area contributed by atoms with Crippen LogP contribution in [0.25, 0.3) is 22.5 Å². The Hall–Kier alpha value is -4.14. The molecule has 0 bridgehead atoms. The highest BCUT2D eigenvalue weighted by Gasteiger charge is 2.24. The molecule has 2 N–H and O–H groups in total. The molecule has 0 aliphatic carbocycles. The molecule has 166 valence electrons. The van der Waals surface area contributed by atoms with Crippen molar-refractivity contribution >= 4 is 11.9 Å². The predicted molar refractivity (Wildman–Crippen MR) is 124 cm³/mol. The fraction of sp³-hybridized carbons (Fsp3) is 0.250. The number of rotatable bonds is 7. The van der Waals surface area contributed by atoms with Crippen LogP contribution in [0.1, 0.15) is 36.6 Å². The molecule has 9 heteroatoms. The molecule has 0 saturated heterocycles. The number of anilines is 1. The molecule has 9 nitrogen and oxygen atoms in total. The molecule has 33 heavy (non-hydrogen) atoms. The molecule has 4 aromatic rings. The number of nitrogens with zero attached hydrogens (tertiary/aromatic N) is 5. The van der Waals surface area contributed by atoms with Crippen LogP contribution >= 0.6 is 0 Å². The summed E-state index contributed by atoms with van der Waals surface area (Å²) >= 11 is 0. The minimum Gasteiger partial charge on any atom is -0.306 e. The van der Waals surface area contributed by atoms with Crippen LogP contribution in [0.3, 0.4) is 0 Å². The van der Waals surface area contributed by atoms with Crippen molar-refractivity contribution in [3.8, 4) is 22.5 Å². The maximum atomic E-state index is 12.8. The van der Waals surface area contributed by atoms with Gasteiger partial charge in [0.05, 0.1) is 0 Å². The van der Waals surface area contributed by atoms with Gasteiger partial charge in [0.2, 0.25) is 17.7 Å². The first kappa shape index (κ1) is 20.7. The number of hydrogen-bond acceptors (Lipinski definition) is 6. The minimum atomic E-state index is -0.277. The number of tetrazole rings is 1. The smallest absolute Gasteiger partial charge is 0.278 e. The maximum Gasteiger partial charge on any atom is 0.278 e. The monoisotopic (exact) mass is 441 g/mol. The van der Waals surface area contributed by atoms with Gasteiger partial charge in [0.15, 0.2) is 0 Å². The summed E-state index contributed by atoms with van der Waals surface area (Å²) in [6.45, 7) is 2.32. The van der Waals surface area contributed by atoms with E-state index < -0.39 is 0 Å². The Morgan fingerprint density at radius 2 is 1.82 bits per heavy atom. The van der Waals surface area contributed by atoms with Crippen molar-refractivity contribution in [2.75, 3.05) is 5.32 Å². The lowest BCUT2D eigenvalue weighted by Crippen LogP contribution is -2.22. The quantitative estimate of drug-likeness (QED) is 0.455. The fourth-order valence-corrected chi connectivity index (χ4v) is 4.23. The number of nitrogens with one attached hydrogen (secondary N) is 2. The van der Waals surface area contributed by atoms with Gasteiger partial charge in [-0.3, -0.25) is 14.9 Å². The molecular formula is C24H23N7O2. The van der Waals surface area contributed by atoms with Crippen molar-refractivity contribution in [1.29, 1.82) is 0 Å². The van der Waals surface area contributed by atoms with Crippen molar-refractivity contribution in [2.24, 2.45) is 0 Å². The van der Waals surface area contributed by atoms with Gasteiger partial charge in [-0.05, 0) is 34.7 Å². The summed E-state index contributed by atoms with van der Waals surface area (Å²) in [7, 11) is 0. The van der Waals surface area contributed by atoms with Gasteiger partial charge in [0, 0.05) is 23.2 Å². The number of aromatic amines is 1. The molecule has 2 aromatic carbocycles. The van der Waals surface area contributed by atoms with E-state index in [1.165, 1.54) is 0 Å². The third-order valence-corrected chi connectivity index (χ3v) is 5.87. The third-order valence-electron chi connectivity index (χ3n) is 5.87. The lowest BCUT2D eigenvalue weighted by atomic mass is 9.96. The van der Waals surface area contributed by atoms with Crippen LogP contribution < -0.4 is 10.9 Å². The maximum absolute atomic E-state index is 12.8. The van der Waals surface area contributed by atoms with Crippen molar-refractivity contribution < 1.29 is 4.79 Å². The SMILES string of the molecule is CCCCc1c(Cc2ccc(-c3ccccc3-c3nn[nH]n3)cc2)c(=O)nc2n1CC(=O)N2. The van der Waals surface area contributed by atoms with E-state index in [1.807, 2.05) is 53.1 Å². The summed E-state index contributed by atoms with van der Waals surface area (Å²) in [5, 5.41) is 17.0. The van der Waals surface area contributed by atoms with E-state index >= 15 is 0 Å². The summed E-state index contributed by atoms with van der Waals surface area (Å²) in [5.74, 6) is 0.755. The molecule has 0 saturated carbocycles. The van der Waals surface area contributed by atoms with E-state index in [4.69, 9.17) is 0 Å². The van der Waals surface area contributed by atoms with E-state index in [-0.39, 0.29) is 18.0 Å². The fourth-order valence-electron chi connectivity index (χ4n) is 4.23. The summed E-state index contributed by atoms with van der Waals surface area (Å²) in [5.41, 5.74) is 5.19. The van der Waals surface area contributed by atoms with E-state index in [9.17, 15) is 9.59 Å². The highest BCUT2D eigenvalue weighted by Crippen LogP contribution is 2.30. The Balaban J connectivity index is 1.47. The van der Waals surface area contributed by atoms with Crippen LogP contribution in [0.5, 0.6) is 0 Å². The van der Waals surface area contributed by atoms with Gasteiger partial charge in [-0.15, -0.1) is 10.2 Å². The van der Waals surface area contributed by atoms with E-state index in [1.54, 1.807) is 0 Å². The van der Waals surface area contributed by atoms with Crippen molar-refractivity contribution in [1.82, 2.24) is 30.2 Å². The molecule has 1 aliphatic rings. The molecule has 0 radical (unpaired) electrons.